The maximum absolute atomic E-state index is 13.4. The van der Waals surface area contributed by atoms with E-state index in [0.717, 1.165) is 54.4 Å². The second kappa shape index (κ2) is 15.7. The monoisotopic (exact) mass is 695 g/mol. The number of nitrogens with zero attached hydrogens (tertiary/aromatic N) is 1. The Morgan fingerprint density at radius 2 is 1.70 bits per heavy atom. The van der Waals surface area contributed by atoms with Crippen LogP contribution in [0.25, 0.3) is 11.1 Å². The van der Waals surface area contributed by atoms with Crippen molar-refractivity contribution in [1.82, 2.24) is 9.44 Å². The molecule has 1 amide bonds. The average Bonchev–Trinajstić information content (AvgIpc) is 3.59. The largest absolute Gasteiger partial charge is 0.488 e. The van der Waals surface area contributed by atoms with E-state index >= 15 is 0 Å². The lowest BCUT2D eigenvalue weighted by molar-refractivity contribution is 0.0569. The smallest absolute Gasteiger partial charge is 0.422 e. The van der Waals surface area contributed by atoms with Crippen LogP contribution >= 0.6 is 0 Å². The molecule has 9 heteroatoms. The van der Waals surface area contributed by atoms with E-state index in [-0.39, 0.29) is 5.92 Å². The van der Waals surface area contributed by atoms with Gasteiger partial charge in [-0.3, -0.25) is 0 Å². The lowest BCUT2D eigenvalue weighted by Gasteiger charge is -2.38. The SMILES string of the molecule is C=C(c1ccccc1OCc1ccc(C#N)cc1)C12CCC(NS(=O)(=O)NC(=O)OC(C)(C)C)C1CC(CCCCCC)=C2c1ccccc1. The highest BCUT2D eigenvalue weighted by atomic mass is 32.2. The fraction of sp³-hybridized carbons (Fsp3) is 0.415. The number of unbranched alkanes of at least 4 members (excludes halogenated alkanes) is 3. The van der Waals surface area contributed by atoms with Gasteiger partial charge < -0.3 is 9.47 Å². The average molecular weight is 696 g/mol. The molecule has 0 aliphatic heterocycles. The van der Waals surface area contributed by atoms with Gasteiger partial charge in [0.2, 0.25) is 0 Å². The molecule has 8 nitrogen and oxygen atoms in total. The van der Waals surface area contributed by atoms with Gasteiger partial charge in [-0.1, -0.05) is 99.0 Å². The Hall–Kier alpha value is -4.39. The number of rotatable bonds is 14. The number of hydrogen-bond acceptors (Lipinski definition) is 6. The molecule has 0 spiro atoms. The Labute approximate surface area is 297 Å². The minimum absolute atomic E-state index is 0.145. The first-order valence-corrected chi connectivity index (χ1v) is 19.1. The zero-order valence-electron chi connectivity index (χ0n) is 29.6. The quantitative estimate of drug-likeness (QED) is 0.163. The Morgan fingerprint density at radius 3 is 2.38 bits per heavy atom. The number of nitrogens with one attached hydrogen (secondary N) is 2. The van der Waals surface area contributed by atoms with Crippen molar-refractivity contribution in [3.8, 4) is 11.8 Å². The molecular weight excluding hydrogens is 647 g/mol. The van der Waals surface area contributed by atoms with Crippen LogP contribution in [-0.4, -0.2) is 26.2 Å². The number of ether oxygens (including phenoxy) is 2. The summed E-state index contributed by atoms with van der Waals surface area (Å²) >= 11 is 0. The van der Waals surface area contributed by atoms with Crippen LogP contribution in [0.5, 0.6) is 5.75 Å². The summed E-state index contributed by atoms with van der Waals surface area (Å²) < 4.78 is 43.4. The topological polar surface area (TPSA) is 118 Å². The number of amides is 1. The number of carbonyl (C=O) groups is 1. The molecule has 1 fully saturated rings. The molecule has 0 heterocycles. The van der Waals surface area contributed by atoms with Crippen LogP contribution in [-0.2, 0) is 21.6 Å². The number of hydrogen-bond donors (Lipinski definition) is 2. The zero-order valence-corrected chi connectivity index (χ0v) is 30.4. The van der Waals surface area contributed by atoms with Crippen molar-refractivity contribution >= 4 is 27.4 Å². The molecule has 2 aliphatic rings. The molecule has 50 heavy (non-hydrogen) atoms. The molecule has 264 valence electrons. The molecule has 1 saturated carbocycles. The highest BCUT2D eigenvalue weighted by Gasteiger charge is 2.58. The van der Waals surface area contributed by atoms with Crippen molar-refractivity contribution < 1.29 is 22.7 Å². The second-order valence-corrected chi connectivity index (χ2v) is 15.8. The predicted octanol–water partition coefficient (Wildman–Crippen LogP) is 9.10. The Kier molecular flexibility index (Phi) is 11.5. The molecule has 3 atom stereocenters. The van der Waals surface area contributed by atoms with Crippen LogP contribution in [0, 0.1) is 22.7 Å². The van der Waals surface area contributed by atoms with E-state index in [0.29, 0.717) is 37.2 Å². The summed E-state index contributed by atoms with van der Waals surface area (Å²) in [5.74, 6) is 0.544. The normalized spacial score (nSPS) is 20.2. The number of benzene rings is 3. The van der Waals surface area contributed by atoms with E-state index in [9.17, 15) is 18.5 Å². The first kappa shape index (κ1) is 36.9. The fourth-order valence-electron chi connectivity index (χ4n) is 7.70. The maximum Gasteiger partial charge on any atom is 0.422 e. The van der Waals surface area contributed by atoms with Crippen molar-refractivity contribution in [2.75, 3.05) is 0 Å². The fourth-order valence-corrected chi connectivity index (χ4v) is 8.71. The van der Waals surface area contributed by atoms with E-state index in [2.05, 4.69) is 46.7 Å². The Morgan fingerprint density at radius 1 is 1.00 bits per heavy atom. The van der Waals surface area contributed by atoms with E-state index in [1.807, 2.05) is 42.5 Å². The minimum atomic E-state index is -4.24. The van der Waals surface area contributed by atoms with Gasteiger partial charge in [-0.05, 0) is 99.3 Å². The van der Waals surface area contributed by atoms with Gasteiger partial charge in [0.25, 0.3) is 0 Å². The second-order valence-electron chi connectivity index (χ2n) is 14.4. The molecule has 2 aliphatic carbocycles. The Balaban J connectivity index is 1.53. The highest BCUT2D eigenvalue weighted by molar-refractivity contribution is 7.88. The van der Waals surface area contributed by atoms with Crippen molar-refractivity contribution in [3.05, 3.63) is 113 Å². The lowest BCUT2D eigenvalue weighted by atomic mass is 9.66. The molecule has 3 unspecified atom stereocenters. The van der Waals surface area contributed by atoms with Gasteiger partial charge in [-0.15, -0.1) is 0 Å². The van der Waals surface area contributed by atoms with Crippen LogP contribution in [0.3, 0.4) is 0 Å². The minimum Gasteiger partial charge on any atom is -0.488 e. The van der Waals surface area contributed by atoms with E-state index in [1.165, 1.54) is 11.1 Å². The molecule has 0 aromatic heterocycles. The standard InChI is InChI=1S/C41H49N3O5S/c1-6-7-8-10-17-33-26-35-36(43-50(46,47)44-39(45)49-40(3,4)5)24-25-41(35,38(33)32-15-11-9-12-16-32)29(2)34-18-13-14-19-37(34)48-28-31-22-20-30(27-42)21-23-31/h9,11-16,18-23,35-36,43H,2,6-8,10,17,24-26,28H2,1,3-5H3,(H,44,45). The van der Waals surface area contributed by atoms with Crippen molar-refractivity contribution in [2.24, 2.45) is 11.3 Å². The lowest BCUT2D eigenvalue weighted by Crippen LogP contribution is -2.48. The Bertz CT molecular complexity index is 1860. The molecular formula is C41H49N3O5S. The molecule has 3 aromatic rings. The van der Waals surface area contributed by atoms with Gasteiger partial charge in [0, 0.05) is 17.0 Å². The number of fused-ring (bicyclic) bond motifs is 1. The zero-order chi connectivity index (χ0) is 35.9. The number of allylic oxidation sites excluding steroid dienone is 3. The summed E-state index contributed by atoms with van der Waals surface area (Å²) in [7, 11) is -4.24. The van der Waals surface area contributed by atoms with E-state index < -0.39 is 33.4 Å². The molecule has 0 bridgehead atoms. The van der Waals surface area contributed by atoms with Gasteiger partial charge >= 0.3 is 16.3 Å². The van der Waals surface area contributed by atoms with Crippen molar-refractivity contribution in [1.29, 1.82) is 5.26 Å². The summed E-state index contributed by atoms with van der Waals surface area (Å²) in [6.07, 6.45) is 6.33. The summed E-state index contributed by atoms with van der Waals surface area (Å²) in [5, 5.41) is 9.21. The third-order valence-corrected chi connectivity index (χ3v) is 10.8. The third kappa shape index (κ3) is 8.48. The van der Waals surface area contributed by atoms with Crippen LogP contribution in [0.4, 0.5) is 4.79 Å². The maximum atomic E-state index is 13.4. The number of carbonyl (C=O) groups excluding carboxylic acids is 1. The van der Waals surface area contributed by atoms with Crippen LogP contribution < -0.4 is 14.2 Å². The first-order chi connectivity index (χ1) is 23.9. The third-order valence-electron chi connectivity index (χ3n) is 9.78. The molecule has 5 rings (SSSR count). The highest BCUT2D eigenvalue weighted by Crippen LogP contribution is 2.66. The van der Waals surface area contributed by atoms with Crippen LogP contribution in [0.2, 0.25) is 0 Å². The van der Waals surface area contributed by atoms with E-state index in [4.69, 9.17) is 16.1 Å². The molecule has 2 N–H and O–H groups in total. The number of para-hydroxylation sites is 1. The molecule has 0 radical (unpaired) electrons. The summed E-state index contributed by atoms with van der Waals surface area (Å²) in [5.41, 5.74) is 5.54. The summed E-state index contributed by atoms with van der Waals surface area (Å²) in [6, 6.07) is 27.3. The molecule has 3 aromatic carbocycles. The van der Waals surface area contributed by atoms with Gasteiger partial charge in [0.05, 0.1) is 11.6 Å². The summed E-state index contributed by atoms with van der Waals surface area (Å²) in [4.78, 5) is 12.5. The summed E-state index contributed by atoms with van der Waals surface area (Å²) in [6.45, 7) is 12.4. The van der Waals surface area contributed by atoms with Crippen molar-refractivity contribution in [2.45, 2.75) is 97.3 Å². The van der Waals surface area contributed by atoms with Crippen LogP contribution in [0.1, 0.15) is 101 Å². The molecule has 0 saturated heterocycles. The van der Waals surface area contributed by atoms with Gasteiger partial charge in [0.15, 0.2) is 0 Å². The van der Waals surface area contributed by atoms with Gasteiger partial charge in [-0.2, -0.15) is 18.4 Å². The van der Waals surface area contributed by atoms with Crippen molar-refractivity contribution in [3.63, 3.8) is 0 Å². The van der Waals surface area contributed by atoms with Gasteiger partial charge in [-0.25, -0.2) is 9.52 Å². The first-order valence-electron chi connectivity index (χ1n) is 17.6. The van der Waals surface area contributed by atoms with Gasteiger partial charge in [0.1, 0.15) is 18.0 Å². The van der Waals surface area contributed by atoms with Crippen LogP contribution in [0.15, 0.2) is 91.0 Å². The number of nitriles is 1. The predicted molar refractivity (Wildman–Crippen MR) is 198 cm³/mol. The van der Waals surface area contributed by atoms with E-state index in [1.54, 1.807) is 32.9 Å².